The van der Waals surface area contributed by atoms with Gasteiger partial charge in [-0.3, -0.25) is 9.59 Å². The van der Waals surface area contributed by atoms with Crippen molar-refractivity contribution in [2.24, 2.45) is 5.41 Å². The van der Waals surface area contributed by atoms with Crippen molar-refractivity contribution in [2.75, 3.05) is 46.4 Å². The van der Waals surface area contributed by atoms with Gasteiger partial charge in [-0.2, -0.15) is 0 Å². The molecule has 4 amide bonds. The highest BCUT2D eigenvalue weighted by molar-refractivity contribution is 6.03. The second-order valence-electron chi connectivity index (χ2n) is 9.72. The normalized spacial score (nSPS) is 16.7. The maximum Gasteiger partial charge on any atom is 0.326 e. The molecule has 1 aliphatic heterocycles. The van der Waals surface area contributed by atoms with Crippen LogP contribution in [-0.4, -0.2) is 85.2 Å². The highest BCUT2D eigenvalue weighted by atomic mass is 16.5. The lowest BCUT2D eigenvalue weighted by atomic mass is 9.72. The number of ether oxygens (including phenoxy) is 1. The zero-order valence-electron chi connectivity index (χ0n) is 23.1. The summed E-state index contributed by atoms with van der Waals surface area (Å²) in [5.41, 5.74) is 1.76. The molecule has 0 bridgehead atoms. The maximum atomic E-state index is 13.0. The Hall–Kier alpha value is -2.45. The predicted molar refractivity (Wildman–Crippen MR) is 143 cm³/mol. The number of hydrogen-bond acceptors (Lipinski definition) is 5. The summed E-state index contributed by atoms with van der Waals surface area (Å²) >= 11 is 0. The van der Waals surface area contributed by atoms with Gasteiger partial charge in [0.1, 0.15) is 6.61 Å². The summed E-state index contributed by atoms with van der Waals surface area (Å²) in [7, 11) is 1.76. The molecule has 36 heavy (non-hydrogen) atoms. The monoisotopic (exact) mass is 502 g/mol. The number of urea groups is 1. The first-order valence-corrected chi connectivity index (χ1v) is 13.5. The molecule has 8 heteroatoms. The predicted octanol–water partition coefficient (Wildman–Crippen LogP) is 3.82. The van der Waals surface area contributed by atoms with Crippen LogP contribution in [0.1, 0.15) is 64.5 Å². The first kappa shape index (κ1) is 29.8. The van der Waals surface area contributed by atoms with Crippen molar-refractivity contribution in [3.8, 4) is 0 Å². The minimum absolute atomic E-state index is 0.154. The lowest BCUT2D eigenvalue weighted by molar-refractivity contribution is -0.211. The molecule has 8 nitrogen and oxygen atoms in total. The molecule has 0 unspecified atom stereocenters. The van der Waals surface area contributed by atoms with E-state index >= 15 is 0 Å². The van der Waals surface area contributed by atoms with Gasteiger partial charge in [-0.05, 0) is 57.7 Å². The molecule has 0 aromatic heterocycles. The summed E-state index contributed by atoms with van der Waals surface area (Å²) in [5.74, 6) is -0.379. The first-order chi connectivity index (χ1) is 17.2. The van der Waals surface area contributed by atoms with Crippen LogP contribution in [0.3, 0.4) is 0 Å². The van der Waals surface area contributed by atoms with E-state index in [1.54, 1.807) is 11.9 Å². The number of benzene rings is 1. The third-order valence-electron chi connectivity index (χ3n) is 7.56. The SMILES string of the molecule is CCN(CC)CCN(C)C(=O)CO[C@@H]1N(C(=O)NCCCCc2ccc(C)cc2)C(=O)C1(CC)CC. The molecular formula is C28H46N4O4. The van der Waals surface area contributed by atoms with E-state index in [0.717, 1.165) is 43.8 Å². The van der Waals surface area contributed by atoms with Gasteiger partial charge >= 0.3 is 6.03 Å². The fourth-order valence-corrected chi connectivity index (χ4v) is 4.67. The molecule has 2 rings (SSSR count). The van der Waals surface area contributed by atoms with Crippen molar-refractivity contribution in [1.82, 2.24) is 20.0 Å². The Kier molecular flexibility index (Phi) is 11.9. The fraction of sp³-hybridized carbons (Fsp3) is 0.679. The topological polar surface area (TPSA) is 82.2 Å². The molecule has 1 atom stereocenters. The van der Waals surface area contributed by atoms with Crippen LogP contribution < -0.4 is 5.32 Å². The van der Waals surface area contributed by atoms with Gasteiger partial charge in [0, 0.05) is 26.7 Å². The second kappa shape index (κ2) is 14.3. The first-order valence-electron chi connectivity index (χ1n) is 13.5. The summed E-state index contributed by atoms with van der Waals surface area (Å²) in [6.45, 7) is 13.7. The number of hydrogen-bond donors (Lipinski definition) is 1. The molecule has 0 aliphatic carbocycles. The molecule has 1 aromatic carbocycles. The summed E-state index contributed by atoms with van der Waals surface area (Å²) in [4.78, 5) is 43.6. The van der Waals surface area contributed by atoms with E-state index in [0.29, 0.717) is 25.9 Å². The molecule has 1 aliphatic rings. The van der Waals surface area contributed by atoms with Gasteiger partial charge < -0.3 is 19.9 Å². The largest absolute Gasteiger partial charge is 0.347 e. The van der Waals surface area contributed by atoms with E-state index in [-0.39, 0.29) is 18.4 Å². The minimum Gasteiger partial charge on any atom is -0.347 e. The van der Waals surface area contributed by atoms with E-state index in [1.807, 2.05) is 13.8 Å². The van der Waals surface area contributed by atoms with Gasteiger partial charge in [0.25, 0.3) is 0 Å². The smallest absolute Gasteiger partial charge is 0.326 e. The molecule has 0 spiro atoms. The van der Waals surface area contributed by atoms with Gasteiger partial charge in [-0.1, -0.05) is 57.5 Å². The molecule has 1 N–H and O–H groups in total. The lowest BCUT2D eigenvalue weighted by Gasteiger charge is -2.53. The average Bonchev–Trinajstić information content (AvgIpc) is 2.88. The van der Waals surface area contributed by atoms with Crippen LogP contribution >= 0.6 is 0 Å². The standard InChI is InChI=1S/C28H46N4O4/c1-7-28(8-2)25(34)32(26(28)36-21-24(33)30(6)19-20-31(9-3)10-4)27(35)29-18-12-11-13-23-16-14-22(5)15-17-23/h14-17,26H,7-13,18-21H2,1-6H3,(H,29,35)/t26-/m0/s1. The number of aryl methyl sites for hydroxylation is 2. The van der Waals surface area contributed by atoms with Gasteiger partial charge in [0.15, 0.2) is 6.23 Å². The lowest BCUT2D eigenvalue weighted by Crippen LogP contribution is -2.72. The molecular weight excluding hydrogens is 456 g/mol. The Bertz CT molecular complexity index is 850. The van der Waals surface area contributed by atoms with Crippen LogP contribution in [0.5, 0.6) is 0 Å². The molecule has 1 fully saturated rings. The number of rotatable bonds is 15. The van der Waals surface area contributed by atoms with Crippen molar-refractivity contribution in [3.05, 3.63) is 35.4 Å². The quantitative estimate of drug-likeness (QED) is 0.291. The number of carbonyl (C=O) groups excluding carboxylic acids is 3. The third kappa shape index (κ3) is 7.29. The number of β-lactam (4-membered cyclic amide) rings is 1. The average molecular weight is 503 g/mol. The van der Waals surface area contributed by atoms with Gasteiger partial charge in [-0.15, -0.1) is 0 Å². The molecule has 1 aromatic rings. The van der Waals surface area contributed by atoms with Crippen molar-refractivity contribution < 1.29 is 19.1 Å². The molecule has 202 valence electrons. The minimum atomic E-state index is -0.761. The van der Waals surface area contributed by atoms with Crippen LogP contribution in [0.4, 0.5) is 4.79 Å². The Morgan fingerprint density at radius 3 is 2.25 bits per heavy atom. The van der Waals surface area contributed by atoms with Gasteiger partial charge in [-0.25, -0.2) is 9.69 Å². The van der Waals surface area contributed by atoms with Gasteiger partial charge in [0.2, 0.25) is 11.8 Å². The van der Waals surface area contributed by atoms with Crippen molar-refractivity contribution in [2.45, 2.75) is 73.0 Å². The number of amides is 4. The van der Waals surface area contributed by atoms with Gasteiger partial charge in [0.05, 0.1) is 5.41 Å². The number of likely N-dealkylation sites (N-methyl/N-ethyl adjacent to an activating group) is 2. The maximum absolute atomic E-state index is 13.0. The number of carbonyl (C=O) groups is 3. The second-order valence-corrected chi connectivity index (χ2v) is 9.72. The van der Waals surface area contributed by atoms with E-state index in [2.05, 4.69) is 55.3 Å². The summed E-state index contributed by atoms with van der Waals surface area (Å²) in [5, 5.41) is 2.87. The van der Waals surface area contributed by atoms with Crippen LogP contribution in [-0.2, 0) is 20.7 Å². The molecule has 0 radical (unpaired) electrons. The zero-order valence-corrected chi connectivity index (χ0v) is 23.1. The molecule has 1 saturated heterocycles. The summed E-state index contributed by atoms with van der Waals surface area (Å²) in [6, 6.07) is 8.03. The van der Waals surface area contributed by atoms with Crippen LogP contribution in [0, 0.1) is 12.3 Å². The Labute approximate surface area is 217 Å². The Morgan fingerprint density at radius 1 is 1.03 bits per heavy atom. The van der Waals surface area contributed by atoms with E-state index in [4.69, 9.17) is 4.74 Å². The number of nitrogens with one attached hydrogen (secondary N) is 1. The third-order valence-corrected chi connectivity index (χ3v) is 7.56. The Balaban J connectivity index is 1.86. The zero-order chi connectivity index (χ0) is 26.7. The van der Waals surface area contributed by atoms with Crippen LogP contribution in [0.2, 0.25) is 0 Å². The van der Waals surface area contributed by atoms with Crippen molar-refractivity contribution in [3.63, 3.8) is 0 Å². The summed E-state index contributed by atoms with van der Waals surface area (Å²) < 4.78 is 5.96. The number of unbranched alkanes of at least 4 members (excludes halogenated alkanes) is 1. The number of nitrogens with zero attached hydrogens (tertiary/aromatic N) is 3. The van der Waals surface area contributed by atoms with Crippen LogP contribution in [0.25, 0.3) is 0 Å². The number of likely N-dealkylation sites (tertiary alicyclic amines) is 1. The van der Waals surface area contributed by atoms with Crippen molar-refractivity contribution >= 4 is 17.8 Å². The van der Waals surface area contributed by atoms with E-state index in [1.165, 1.54) is 11.1 Å². The Morgan fingerprint density at radius 2 is 1.67 bits per heavy atom. The van der Waals surface area contributed by atoms with Crippen molar-refractivity contribution in [1.29, 1.82) is 0 Å². The van der Waals surface area contributed by atoms with Crippen LogP contribution in [0.15, 0.2) is 24.3 Å². The highest BCUT2D eigenvalue weighted by Crippen LogP contribution is 2.45. The summed E-state index contributed by atoms with van der Waals surface area (Å²) in [6.07, 6.45) is 3.09. The van der Waals surface area contributed by atoms with E-state index < -0.39 is 17.7 Å². The van der Waals surface area contributed by atoms with E-state index in [9.17, 15) is 14.4 Å². The molecule has 0 saturated carbocycles. The fourth-order valence-electron chi connectivity index (χ4n) is 4.67. The molecule has 1 heterocycles. The number of imide groups is 1. The highest BCUT2D eigenvalue weighted by Gasteiger charge is 2.62.